The first-order valence-electron chi connectivity index (χ1n) is 10.7. The van der Waals surface area contributed by atoms with Crippen LogP contribution in [-0.2, 0) is 9.84 Å². The van der Waals surface area contributed by atoms with Gasteiger partial charge in [-0.25, -0.2) is 18.4 Å². The second-order valence-electron chi connectivity index (χ2n) is 9.52. The summed E-state index contributed by atoms with van der Waals surface area (Å²) in [6.07, 6.45) is 3.74. The predicted octanol–water partition coefficient (Wildman–Crippen LogP) is 5.20. The van der Waals surface area contributed by atoms with Crippen LogP contribution >= 0.6 is 15.9 Å². The number of halogens is 1. The molecular formula is C23H26BrN5O3S. The van der Waals surface area contributed by atoms with E-state index in [1.165, 1.54) is 11.6 Å². The highest BCUT2D eigenvalue weighted by Crippen LogP contribution is 2.40. The van der Waals surface area contributed by atoms with Crippen molar-refractivity contribution in [3.05, 3.63) is 46.7 Å². The minimum atomic E-state index is -3.46. The summed E-state index contributed by atoms with van der Waals surface area (Å²) in [7, 11) is -3.46. The van der Waals surface area contributed by atoms with Crippen molar-refractivity contribution >= 4 is 43.3 Å². The molecule has 0 atom stereocenters. The molecular weight excluding hydrogens is 506 g/mol. The molecule has 0 unspecified atom stereocenters. The molecule has 10 heteroatoms. The van der Waals surface area contributed by atoms with E-state index >= 15 is 0 Å². The summed E-state index contributed by atoms with van der Waals surface area (Å²) in [5.41, 5.74) is 1.10. The van der Waals surface area contributed by atoms with Crippen LogP contribution in [0.25, 0.3) is 11.4 Å². The fourth-order valence-electron chi connectivity index (χ4n) is 3.50. The predicted molar refractivity (Wildman–Crippen MR) is 130 cm³/mol. The first kappa shape index (κ1) is 23.6. The van der Waals surface area contributed by atoms with Gasteiger partial charge in [0.2, 0.25) is 5.91 Å². The topological polar surface area (TPSA) is 107 Å². The molecule has 1 aliphatic carbocycles. The smallest absolute Gasteiger partial charge is 0.245 e. The van der Waals surface area contributed by atoms with E-state index in [2.05, 4.69) is 36.3 Å². The number of carbonyl (C=O) groups excluding carboxylic acids is 1. The van der Waals surface area contributed by atoms with E-state index in [-0.39, 0.29) is 22.0 Å². The second-order valence-corrected chi connectivity index (χ2v) is 12.4. The maximum absolute atomic E-state index is 12.9. The summed E-state index contributed by atoms with van der Waals surface area (Å²) >= 11 is 3.45. The Balaban J connectivity index is 1.67. The van der Waals surface area contributed by atoms with Crippen LogP contribution in [0.1, 0.15) is 56.9 Å². The number of benzene rings is 1. The third-order valence-corrected chi connectivity index (χ3v) is 7.89. The Kier molecular flexibility index (Phi) is 6.17. The molecule has 0 saturated heterocycles. The standard InChI is InChI=1S/C23H26BrN5O3S/c1-14(30)29-20(11-19(28-29)15-8-9-15)26-22-18(24)12-25-21(27-22)16-6-5-7-17(10-16)33(31,32)13-23(2,3)4/h5-7,10-12,15H,8-9,13H2,1-4H3,(H,25,26,27). The van der Waals surface area contributed by atoms with Crippen LogP contribution < -0.4 is 5.32 Å². The molecule has 1 aromatic carbocycles. The first-order chi connectivity index (χ1) is 15.4. The maximum Gasteiger partial charge on any atom is 0.245 e. The first-order valence-corrected chi connectivity index (χ1v) is 13.1. The molecule has 4 rings (SSSR count). The summed E-state index contributed by atoms with van der Waals surface area (Å²) in [5, 5.41) is 7.60. The zero-order valence-corrected chi connectivity index (χ0v) is 21.4. The van der Waals surface area contributed by atoms with Crippen molar-refractivity contribution in [2.75, 3.05) is 11.1 Å². The van der Waals surface area contributed by atoms with Crippen molar-refractivity contribution in [1.82, 2.24) is 19.7 Å². The Hall–Kier alpha value is -2.59. The zero-order valence-electron chi connectivity index (χ0n) is 19.0. The molecule has 3 aromatic rings. The monoisotopic (exact) mass is 531 g/mol. The lowest BCUT2D eigenvalue weighted by Crippen LogP contribution is -2.20. The third kappa shape index (κ3) is 5.50. The van der Waals surface area contributed by atoms with Crippen molar-refractivity contribution in [1.29, 1.82) is 0 Å². The molecule has 1 saturated carbocycles. The Morgan fingerprint density at radius 1 is 1.24 bits per heavy atom. The Morgan fingerprint density at radius 2 is 1.97 bits per heavy atom. The lowest BCUT2D eigenvalue weighted by molar-refractivity contribution is 0.0923. The SMILES string of the molecule is CC(=O)n1nc(C2CC2)cc1Nc1nc(-c2cccc(S(=O)(=O)CC(C)(C)C)c2)ncc1Br. The molecule has 1 fully saturated rings. The fourth-order valence-corrected chi connectivity index (χ4v) is 5.69. The van der Waals surface area contributed by atoms with Gasteiger partial charge in [-0.1, -0.05) is 32.9 Å². The molecule has 2 aromatic heterocycles. The van der Waals surface area contributed by atoms with E-state index in [1.54, 1.807) is 30.5 Å². The lowest BCUT2D eigenvalue weighted by Gasteiger charge is -2.18. The molecule has 2 heterocycles. The molecule has 0 aliphatic heterocycles. The number of anilines is 2. The van der Waals surface area contributed by atoms with Crippen LogP contribution in [0, 0.1) is 5.41 Å². The summed E-state index contributed by atoms with van der Waals surface area (Å²) in [6.45, 7) is 7.14. The van der Waals surface area contributed by atoms with E-state index in [0.29, 0.717) is 33.4 Å². The molecule has 33 heavy (non-hydrogen) atoms. The summed E-state index contributed by atoms with van der Waals surface area (Å²) in [5.74, 6) is 1.57. The van der Waals surface area contributed by atoms with E-state index in [0.717, 1.165) is 18.5 Å². The summed E-state index contributed by atoms with van der Waals surface area (Å²) in [6, 6.07) is 8.52. The average Bonchev–Trinajstić information content (AvgIpc) is 3.48. The van der Waals surface area contributed by atoms with Gasteiger partial charge >= 0.3 is 0 Å². The van der Waals surface area contributed by atoms with Crippen molar-refractivity contribution in [3.8, 4) is 11.4 Å². The summed E-state index contributed by atoms with van der Waals surface area (Å²) in [4.78, 5) is 21.3. The van der Waals surface area contributed by atoms with Gasteiger partial charge in [-0.05, 0) is 46.3 Å². The van der Waals surface area contributed by atoms with Gasteiger partial charge in [-0.2, -0.15) is 9.78 Å². The highest BCUT2D eigenvalue weighted by atomic mass is 79.9. The molecule has 174 valence electrons. The number of sulfone groups is 1. The second kappa shape index (κ2) is 8.64. The quantitative estimate of drug-likeness (QED) is 0.465. The Morgan fingerprint density at radius 3 is 2.61 bits per heavy atom. The zero-order chi connectivity index (χ0) is 24.0. The highest BCUT2D eigenvalue weighted by Gasteiger charge is 2.28. The number of nitrogens with zero attached hydrogens (tertiary/aromatic N) is 4. The molecule has 0 spiro atoms. The largest absolute Gasteiger partial charge is 0.324 e. The molecule has 1 aliphatic rings. The highest BCUT2D eigenvalue weighted by molar-refractivity contribution is 9.10. The van der Waals surface area contributed by atoms with Gasteiger partial charge in [0.15, 0.2) is 15.7 Å². The van der Waals surface area contributed by atoms with Gasteiger partial charge in [0.1, 0.15) is 11.6 Å². The lowest BCUT2D eigenvalue weighted by atomic mass is 10.0. The third-order valence-electron chi connectivity index (χ3n) is 5.09. The van der Waals surface area contributed by atoms with E-state index in [4.69, 9.17) is 0 Å². The van der Waals surface area contributed by atoms with Crippen LogP contribution in [0.4, 0.5) is 11.6 Å². The van der Waals surface area contributed by atoms with Gasteiger partial charge < -0.3 is 5.32 Å². The van der Waals surface area contributed by atoms with E-state index in [9.17, 15) is 13.2 Å². The molecule has 8 nitrogen and oxygen atoms in total. The number of hydrogen-bond acceptors (Lipinski definition) is 7. The van der Waals surface area contributed by atoms with Crippen molar-refractivity contribution < 1.29 is 13.2 Å². The van der Waals surface area contributed by atoms with Crippen molar-refractivity contribution in [2.24, 2.45) is 5.41 Å². The van der Waals surface area contributed by atoms with Crippen molar-refractivity contribution in [2.45, 2.75) is 51.3 Å². The molecule has 0 amide bonds. The maximum atomic E-state index is 12.9. The van der Waals surface area contributed by atoms with Gasteiger partial charge in [-0.15, -0.1) is 0 Å². The van der Waals surface area contributed by atoms with Gasteiger partial charge in [-0.3, -0.25) is 4.79 Å². The van der Waals surface area contributed by atoms with Gasteiger partial charge in [0, 0.05) is 30.7 Å². The number of carbonyl (C=O) groups is 1. The summed E-state index contributed by atoms with van der Waals surface area (Å²) < 4.78 is 27.6. The Labute approximate surface area is 201 Å². The molecule has 0 bridgehead atoms. The van der Waals surface area contributed by atoms with Crippen LogP contribution in [0.15, 0.2) is 45.9 Å². The van der Waals surface area contributed by atoms with Crippen LogP contribution in [0.2, 0.25) is 0 Å². The van der Waals surface area contributed by atoms with E-state index < -0.39 is 9.84 Å². The molecule has 0 radical (unpaired) electrons. The number of nitrogens with one attached hydrogen (secondary N) is 1. The van der Waals surface area contributed by atoms with E-state index in [1.807, 2.05) is 26.8 Å². The number of rotatable bonds is 6. The number of aromatic nitrogens is 4. The average molecular weight is 532 g/mol. The fraction of sp³-hybridized carbons (Fsp3) is 0.391. The minimum Gasteiger partial charge on any atom is -0.324 e. The number of hydrogen-bond donors (Lipinski definition) is 1. The van der Waals surface area contributed by atoms with Crippen LogP contribution in [0.3, 0.4) is 0 Å². The molecule has 1 N–H and O–H groups in total. The normalized spacial score (nSPS) is 14.3. The van der Waals surface area contributed by atoms with Crippen LogP contribution in [0.5, 0.6) is 0 Å². The van der Waals surface area contributed by atoms with Gasteiger partial charge in [0.05, 0.1) is 20.8 Å². The Bertz CT molecular complexity index is 1320. The van der Waals surface area contributed by atoms with Crippen molar-refractivity contribution in [3.63, 3.8) is 0 Å². The minimum absolute atomic E-state index is 0.0375. The van der Waals surface area contributed by atoms with Crippen LogP contribution in [-0.4, -0.2) is 39.8 Å². The van der Waals surface area contributed by atoms with Gasteiger partial charge in [0.25, 0.3) is 0 Å².